The van der Waals surface area contributed by atoms with Gasteiger partial charge in [-0.05, 0) is 52.0 Å². The number of aromatic nitrogens is 4. The molecule has 152 valence electrons. The fraction of sp³-hybridized carbons (Fsp3) is 0.550. The lowest BCUT2D eigenvalue weighted by molar-refractivity contribution is -0.123. The number of aliphatic hydroxyl groups excluding tert-OH is 1. The summed E-state index contributed by atoms with van der Waals surface area (Å²) in [6.07, 6.45) is 7.39. The summed E-state index contributed by atoms with van der Waals surface area (Å²) in [6.45, 7) is 5.66. The molecule has 3 heterocycles. The minimum absolute atomic E-state index is 0.0449. The number of nitrogens with zero attached hydrogens (tertiary/aromatic N) is 6. The summed E-state index contributed by atoms with van der Waals surface area (Å²) in [5.41, 5.74) is -0.771. The Kier molecular flexibility index (Phi) is 4.54. The average molecular weight is 395 g/mol. The summed E-state index contributed by atoms with van der Waals surface area (Å²) in [4.78, 5) is 23.5. The van der Waals surface area contributed by atoms with Gasteiger partial charge in [-0.25, -0.2) is 4.98 Å². The highest BCUT2D eigenvalue weighted by molar-refractivity contribution is 6.02. The summed E-state index contributed by atoms with van der Waals surface area (Å²) < 4.78 is 1.67. The number of carbonyl (C=O) groups excluding carboxylic acids is 1. The van der Waals surface area contributed by atoms with Gasteiger partial charge in [0.15, 0.2) is 0 Å². The van der Waals surface area contributed by atoms with Crippen LogP contribution >= 0.6 is 0 Å². The van der Waals surface area contributed by atoms with E-state index >= 15 is 0 Å². The Morgan fingerprint density at radius 3 is 2.86 bits per heavy atom. The summed E-state index contributed by atoms with van der Waals surface area (Å²) in [7, 11) is 0. The first-order chi connectivity index (χ1) is 13.8. The van der Waals surface area contributed by atoms with Gasteiger partial charge in [0, 0.05) is 18.4 Å². The van der Waals surface area contributed by atoms with Gasteiger partial charge in [0.25, 0.3) is 0 Å². The van der Waals surface area contributed by atoms with E-state index in [1.165, 1.54) is 0 Å². The number of anilines is 3. The molecule has 1 saturated heterocycles. The molecule has 1 aliphatic carbocycles. The molecule has 4 rings (SSSR count). The molecule has 0 bridgehead atoms. The zero-order valence-corrected chi connectivity index (χ0v) is 16.8. The van der Waals surface area contributed by atoms with Crippen molar-refractivity contribution in [1.82, 2.24) is 19.7 Å². The van der Waals surface area contributed by atoms with Crippen molar-refractivity contribution in [1.29, 1.82) is 5.26 Å². The van der Waals surface area contributed by atoms with Crippen LogP contribution in [0.1, 0.15) is 40.0 Å². The second-order valence-electron chi connectivity index (χ2n) is 8.59. The predicted molar refractivity (Wildman–Crippen MR) is 106 cm³/mol. The molecule has 2 N–H and O–H groups in total. The molecule has 2 fully saturated rings. The van der Waals surface area contributed by atoms with Crippen molar-refractivity contribution in [3.63, 3.8) is 0 Å². The third-order valence-corrected chi connectivity index (χ3v) is 5.87. The van der Waals surface area contributed by atoms with Crippen molar-refractivity contribution >= 4 is 23.4 Å². The predicted octanol–water partition coefficient (Wildman–Crippen LogP) is 2.19. The molecular formula is C20H25N7O2. The van der Waals surface area contributed by atoms with Gasteiger partial charge in [-0.15, -0.1) is 0 Å². The molecule has 29 heavy (non-hydrogen) atoms. The average Bonchev–Trinajstić information content (AvgIpc) is 3.39. The molecule has 9 nitrogen and oxygen atoms in total. The van der Waals surface area contributed by atoms with E-state index in [2.05, 4.69) is 26.5 Å². The molecule has 9 heteroatoms. The van der Waals surface area contributed by atoms with Crippen LogP contribution in [0.2, 0.25) is 0 Å². The van der Waals surface area contributed by atoms with Crippen LogP contribution in [0.25, 0.3) is 0 Å². The number of rotatable bonds is 6. The standard InChI is InChI=1S/C20H25N7O2/c1-13-8-20(11-21,14-4-5-14)17(29)27(13)16-6-7-22-18(25-16)24-15-9-23-26(10-15)19(2,3)12-28/h6-7,9-10,13-14,28H,4-5,8,12H2,1-3H3,(H,22,24,25)/t13-,20-/m1/s1. The van der Waals surface area contributed by atoms with Gasteiger partial charge in [-0.3, -0.25) is 14.4 Å². The van der Waals surface area contributed by atoms with Gasteiger partial charge in [0.2, 0.25) is 11.9 Å². The smallest absolute Gasteiger partial charge is 0.249 e. The summed E-state index contributed by atoms with van der Waals surface area (Å²) >= 11 is 0. The van der Waals surface area contributed by atoms with E-state index in [9.17, 15) is 15.2 Å². The number of hydrogen-bond donors (Lipinski definition) is 2. The Bertz CT molecular complexity index is 975. The largest absolute Gasteiger partial charge is 0.394 e. The van der Waals surface area contributed by atoms with Crippen LogP contribution in [0.15, 0.2) is 24.7 Å². The molecule has 1 amide bonds. The molecule has 2 aromatic heterocycles. The molecule has 0 radical (unpaired) electrons. The maximum absolute atomic E-state index is 13.2. The van der Waals surface area contributed by atoms with E-state index in [1.807, 2.05) is 20.8 Å². The first-order valence-corrected chi connectivity index (χ1v) is 9.82. The zero-order valence-electron chi connectivity index (χ0n) is 16.8. The molecule has 1 saturated carbocycles. The van der Waals surface area contributed by atoms with Crippen molar-refractivity contribution < 1.29 is 9.90 Å². The molecular weight excluding hydrogens is 370 g/mol. The van der Waals surface area contributed by atoms with Crippen molar-refractivity contribution in [2.45, 2.75) is 51.6 Å². The number of amides is 1. The first kappa shape index (κ1) is 19.3. The van der Waals surface area contributed by atoms with Crippen LogP contribution < -0.4 is 10.2 Å². The van der Waals surface area contributed by atoms with Crippen molar-refractivity contribution in [2.75, 3.05) is 16.8 Å². The fourth-order valence-electron chi connectivity index (χ4n) is 3.96. The van der Waals surface area contributed by atoms with E-state index < -0.39 is 11.0 Å². The Labute approximate surface area is 169 Å². The maximum atomic E-state index is 13.2. The van der Waals surface area contributed by atoms with E-state index in [4.69, 9.17) is 0 Å². The number of hydrogen-bond acceptors (Lipinski definition) is 7. The van der Waals surface area contributed by atoms with Crippen LogP contribution in [0.3, 0.4) is 0 Å². The fourth-order valence-corrected chi connectivity index (χ4v) is 3.96. The lowest BCUT2D eigenvalue weighted by Gasteiger charge is -2.22. The van der Waals surface area contributed by atoms with Crippen molar-refractivity contribution in [2.24, 2.45) is 11.3 Å². The quantitative estimate of drug-likeness (QED) is 0.769. The number of carbonyl (C=O) groups is 1. The summed E-state index contributed by atoms with van der Waals surface area (Å²) in [5.74, 6) is 0.829. The van der Waals surface area contributed by atoms with Crippen LogP contribution in [0.5, 0.6) is 0 Å². The molecule has 0 spiro atoms. The number of nitrogens with one attached hydrogen (secondary N) is 1. The second kappa shape index (κ2) is 6.81. The topological polar surface area (TPSA) is 120 Å². The molecule has 1 aliphatic heterocycles. The minimum atomic E-state index is -0.922. The van der Waals surface area contributed by atoms with Gasteiger partial charge < -0.3 is 10.4 Å². The van der Waals surface area contributed by atoms with Crippen molar-refractivity contribution in [3.05, 3.63) is 24.7 Å². The lowest BCUT2D eigenvalue weighted by Crippen LogP contribution is -2.37. The van der Waals surface area contributed by atoms with Crippen LogP contribution in [0, 0.1) is 22.7 Å². The van der Waals surface area contributed by atoms with Crippen LogP contribution in [0.4, 0.5) is 17.5 Å². The van der Waals surface area contributed by atoms with E-state index in [0.29, 0.717) is 23.9 Å². The minimum Gasteiger partial charge on any atom is -0.394 e. The highest BCUT2D eigenvalue weighted by Gasteiger charge is 2.59. The third kappa shape index (κ3) is 3.23. The van der Waals surface area contributed by atoms with Gasteiger partial charge in [0.1, 0.15) is 11.2 Å². The van der Waals surface area contributed by atoms with Crippen molar-refractivity contribution in [3.8, 4) is 6.07 Å². The molecule has 2 aromatic rings. The Balaban J connectivity index is 1.57. The van der Waals surface area contributed by atoms with Gasteiger partial charge in [0.05, 0.1) is 30.1 Å². The lowest BCUT2D eigenvalue weighted by atomic mass is 9.81. The zero-order chi connectivity index (χ0) is 20.8. The molecule has 2 aliphatic rings. The normalized spacial score (nSPS) is 24.6. The summed E-state index contributed by atoms with van der Waals surface area (Å²) in [6, 6.07) is 3.91. The van der Waals surface area contributed by atoms with Gasteiger partial charge in [-0.2, -0.15) is 15.3 Å². The van der Waals surface area contributed by atoms with Crippen LogP contribution in [-0.2, 0) is 10.3 Å². The third-order valence-electron chi connectivity index (χ3n) is 5.87. The van der Waals surface area contributed by atoms with E-state index in [-0.39, 0.29) is 24.5 Å². The van der Waals surface area contributed by atoms with E-state index in [0.717, 1.165) is 12.8 Å². The Morgan fingerprint density at radius 1 is 1.45 bits per heavy atom. The van der Waals surface area contributed by atoms with Crippen LogP contribution in [-0.4, -0.2) is 43.4 Å². The Hall–Kier alpha value is -2.99. The second-order valence-corrected chi connectivity index (χ2v) is 8.59. The molecule has 0 aromatic carbocycles. The maximum Gasteiger partial charge on any atom is 0.249 e. The molecule has 2 atom stereocenters. The SMILES string of the molecule is C[C@@H]1C[C@@](C#N)(C2CC2)C(=O)N1c1ccnc(Nc2cnn(C(C)(C)CO)c2)n1. The van der Waals surface area contributed by atoms with Gasteiger partial charge in [-0.1, -0.05) is 0 Å². The van der Waals surface area contributed by atoms with Gasteiger partial charge >= 0.3 is 0 Å². The number of nitriles is 1. The summed E-state index contributed by atoms with van der Waals surface area (Å²) in [5, 5.41) is 26.6. The monoisotopic (exact) mass is 395 g/mol. The van der Waals surface area contributed by atoms with E-state index in [1.54, 1.807) is 34.2 Å². The highest BCUT2D eigenvalue weighted by Crippen LogP contribution is 2.53. The first-order valence-electron chi connectivity index (χ1n) is 9.82. The number of aliphatic hydroxyl groups is 1. The Morgan fingerprint density at radius 2 is 2.21 bits per heavy atom. The molecule has 0 unspecified atom stereocenters. The highest BCUT2D eigenvalue weighted by atomic mass is 16.3.